The number of likely N-dealkylation sites (N-methyl/N-ethyl adjacent to an activating group) is 1. The number of hydrogen-bond acceptors (Lipinski definition) is 3. The minimum absolute atomic E-state index is 0.429. The third-order valence-corrected chi connectivity index (χ3v) is 3.64. The fourth-order valence-electron chi connectivity index (χ4n) is 1.95. The van der Waals surface area contributed by atoms with Crippen molar-refractivity contribution in [3.8, 4) is 0 Å². The molecule has 1 atom stereocenters. The molecule has 2 rings (SSSR count). The molecule has 0 aliphatic carbocycles. The molecule has 5 heteroatoms. The molecule has 0 saturated heterocycles. The highest BCUT2D eigenvalue weighted by molar-refractivity contribution is 6.30. The second-order valence-electron chi connectivity index (χ2n) is 4.95. The second kappa shape index (κ2) is 6.17. The molecular formula is C14H19ClN4. The lowest BCUT2D eigenvalue weighted by molar-refractivity contribution is 0.239. The number of benzene rings is 1. The molecule has 0 spiro atoms. The van der Waals surface area contributed by atoms with Crippen LogP contribution in [-0.4, -0.2) is 32.8 Å². The molecule has 0 N–H and O–H groups in total. The Labute approximate surface area is 119 Å². The van der Waals surface area contributed by atoms with E-state index in [1.807, 2.05) is 23.7 Å². The lowest BCUT2D eigenvalue weighted by atomic mass is 10.1. The van der Waals surface area contributed by atoms with Gasteiger partial charge in [-0.05, 0) is 38.1 Å². The van der Waals surface area contributed by atoms with Crippen molar-refractivity contribution in [3.63, 3.8) is 0 Å². The molecule has 1 unspecified atom stereocenters. The van der Waals surface area contributed by atoms with Crippen LogP contribution in [-0.2, 0) is 20.0 Å². The van der Waals surface area contributed by atoms with Crippen LogP contribution in [0.4, 0.5) is 0 Å². The van der Waals surface area contributed by atoms with Gasteiger partial charge < -0.3 is 4.57 Å². The second-order valence-corrected chi connectivity index (χ2v) is 5.39. The number of aryl methyl sites for hydroxylation is 1. The number of aromatic nitrogens is 3. The molecule has 2 aromatic rings. The van der Waals surface area contributed by atoms with Gasteiger partial charge in [-0.15, -0.1) is 10.2 Å². The predicted molar refractivity (Wildman–Crippen MR) is 77.1 cm³/mol. The van der Waals surface area contributed by atoms with Crippen LogP contribution < -0.4 is 0 Å². The van der Waals surface area contributed by atoms with Crippen molar-refractivity contribution in [1.29, 1.82) is 0 Å². The van der Waals surface area contributed by atoms with Crippen molar-refractivity contribution in [3.05, 3.63) is 47.0 Å². The van der Waals surface area contributed by atoms with Gasteiger partial charge in [0.1, 0.15) is 12.2 Å². The lowest BCUT2D eigenvalue weighted by Gasteiger charge is -2.24. The molecule has 0 amide bonds. The molecule has 1 heterocycles. The fraction of sp³-hybridized carbons (Fsp3) is 0.429. The van der Waals surface area contributed by atoms with Crippen molar-refractivity contribution in [2.75, 3.05) is 7.05 Å². The van der Waals surface area contributed by atoms with E-state index in [-0.39, 0.29) is 0 Å². The van der Waals surface area contributed by atoms with Crippen LogP contribution in [0.15, 0.2) is 30.6 Å². The summed E-state index contributed by atoms with van der Waals surface area (Å²) in [6.07, 6.45) is 2.72. The molecule has 102 valence electrons. The molecule has 0 saturated carbocycles. The normalized spacial score (nSPS) is 12.9. The summed E-state index contributed by atoms with van der Waals surface area (Å²) in [7, 11) is 4.07. The fourth-order valence-corrected chi connectivity index (χ4v) is 2.07. The monoisotopic (exact) mass is 278 g/mol. The van der Waals surface area contributed by atoms with Gasteiger partial charge in [0.2, 0.25) is 0 Å². The molecule has 4 nitrogen and oxygen atoms in total. The van der Waals surface area contributed by atoms with Gasteiger partial charge >= 0.3 is 0 Å². The van der Waals surface area contributed by atoms with E-state index < -0.39 is 0 Å². The molecule has 0 fully saturated rings. The Kier molecular flexibility index (Phi) is 4.56. The zero-order valence-electron chi connectivity index (χ0n) is 11.5. The van der Waals surface area contributed by atoms with Crippen LogP contribution >= 0.6 is 11.6 Å². The van der Waals surface area contributed by atoms with Gasteiger partial charge in [0, 0.05) is 18.1 Å². The van der Waals surface area contributed by atoms with Crippen molar-refractivity contribution >= 4 is 11.6 Å². The van der Waals surface area contributed by atoms with Gasteiger partial charge in [0.15, 0.2) is 0 Å². The van der Waals surface area contributed by atoms with E-state index in [9.17, 15) is 0 Å². The molecule has 0 radical (unpaired) electrons. The van der Waals surface area contributed by atoms with E-state index in [1.54, 1.807) is 6.33 Å². The summed E-state index contributed by atoms with van der Waals surface area (Å²) in [5.41, 5.74) is 1.29. The Balaban J connectivity index is 1.94. The van der Waals surface area contributed by atoms with E-state index in [0.29, 0.717) is 6.04 Å². The van der Waals surface area contributed by atoms with Gasteiger partial charge in [-0.2, -0.15) is 0 Å². The third-order valence-electron chi connectivity index (χ3n) is 3.39. The van der Waals surface area contributed by atoms with Gasteiger partial charge in [0.05, 0.1) is 6.54 Å². The van der Waals surface area contributed by atoms with Crippen molar-refractivity contribution in [1.82, 2.24) is 19.7 Å². The first-order chi connectivity index (χ1) is 9.06. The number of nitrogens with zero attached hydrogens (tertiary/aromatic N) is 4. The van der Waals surface area contributed by atoms with Crippen LogP contribution in [0.3, 0.4) is 0 Å². The van der Waals surface area contributed by atoms with E-state index in [4.69, 9.17) is 11.6 Å². The molecule has 19 heavy (non-hydrogen) atoms. The van der Waals surface area contributed by atoms with Crippen LogP contribution in [0.1, 0.15) is 18.3 Å². The first-order valence-electron chi connectivity index (χ1n) is 6.34. The highest BCUT2D eigenvalue weighted by atomic mass is 35.5. The van der Waals surface area contributed by atoms with Gasteiger partial charge in [-0.3, -0.25) is 4.90 Å². The van der Waals surface area contributed by atoms with E-state index in [1.165, 1.54) is 5.56 Å². The van der Waals surface area contributed by atoms with Gasteiger partial charge in [0.25, 0.3) is 0 Å². The molecule has 0 bridgehead atoms. The lowest BCUT2D eigenvalue weighted by Crippen LogP contribution is -2.31. The summed E-state index contributed by atoms with van der Waals surface area (Å²) in [6, 6.07) is 8.46. The number of halogens is 1. The standard InChI is InChI=1S/C14H19ClN4/c1-11(8-12-4-6-13(15)7-5-12)18(2)9-14-17-16-10-19(14)3/h4-7,10-11H,8-9H2,1-3H3. The van der Waals surface area contributed by atoms with Crippen molar-refractivity contribution in [2.24, 2.45) is 7.05 Å². The SMILES string of the molecule is CC(Cc1ccc(Cl)cc1)N(C)Cc1nncn1C. The van der Waals surface area contributed by atoms with E-state index in [0.717, 1.165) is 23.8 Å². The molecule has 0 aliphatic rings. The molecule has 1 aromatic carbocycles. The Morgan fingerprint density at radius 2 is 2.00 bits per heavy atom. The summed E-state index contributed by atoms with van der Waals surface area (Å²) in [5.74, 6) is 0.977. The molecule has 0 aliphatic heterocycles. The summed E-state index contributed by atoms with van der Waals surface area (Å²) in [5, 5.41) is 8.79. The maximum absolute atomic E-state index is 5.89. The molecule has 1 aromatic heterocycles. The van der Waals surface area contributed by atoms with Gasteiger partial charge in [-0.25, -0.2) is 0 Å². The van der Waals surface area contributed by atoms with Crippen molar-refractivity contribution in [2.45, 2.75) is 25.9 Å². The number of rotatable bonds is 5. The van der Waals surface area contributed by atoms with E-state index >= 15 is 0 Å². The average molecular weight is 279 g/mol. The topological polar surface area (TPSA) is 34.0 Å². The van der Waals surface area contributed by atoms with E-state index in [2.05, 4.69) is 41.2 Å². The van der Waals surface area contributed by atoms with Gasteiger partial charge in [-0.1, -0.05) is 23.7 Å². The number of hydrogen-bond donors (Lipinski definition) is 0. The first kappa shape index (κ1) is 14.0. The first-order valence-corrected chi connectivity index (χ1v) is 6.71. The average Bonchev–Trinajstić information content (AvgIpc) is 2.78. The highest BCUT2D eigenvalue weighted by Gasteiger charge is 2.12. The summed E-state index contributed by atoms with van der Waals surface area (Å²) in [4.78, 5) is 2.28. The smallest absolute Gasteiger partial charge is 0.146 e. The molecular weight excluding hydrogens is 260 g/mol. The Morgan fingerprint density at radius 3 is 2.58 bits per heavy atom. The van der Waals surface area contributed by atoms with Crippen LogP contribution in [0.5, 0.6) is 0 Å². The summed E-state index contributed by atoms with van der Waals surface area (Å²) >= 11 is 5.89. The third kappa shape index (κ3) is 3.78. The maximum Gasteiger partial charge on any atom is 0.146 e. The van der Waals surface area contributed by atoms with Crippen LogP contribution in [0.2, 0.25) is 5.02 Å². The minimum atomic E-state index is 0.429. The van der Waals surface area contributed by atoms with Crippen molar-refractivity contribution < 1.29 is 0 Å². The summed E-state index contributed by atoms with van der Waals surface area (Å²) < 4.78 is 1.95. The maximum atomic E-state index is 5.89. The predicted octanol–water partition coefficient (Wildman–Crippen LogP) is 2.53. The summed E-state index contributed by atoms with van der Waals surface area (Å²) in [6.45, 7) is 3.01. The highest BCUT2D eigenvalue weighted by Crippen LogP contribution is 2.13. The van der Waals surface area contributed by atoms with Crippen LogP contribution in [0.25, 0.3) is 0 Å². The largest absolute Gasteiger partial charge is 0.320 e. The minimum Gasteiger partial charge on any atom is -0.320 e. The van der Waals surface area contributed by atoms with Crippen LogP contribution in [0, 0.1) is 0 Å². The Hall–Kier alpha value is -1.39. The Bertz CT molecular complexity index is 520. The quantitative estimate of drug-likeness (QED) is 0.843. The zero-order chi connectivity index (χ0) is 13.8. The zero-order valence-corrected chi connectivity index (χ0v) is 12.3. The Morgan fingerprint density at radius 1 is 1.32 bits per heavy atom.